The highest BCUT2D eigenvalue weighted by Crippen LogP contribution is 2.26. The fourth-order valence-corrected chi connectivity index (χ4v) is 1.17. The van der Waals surface area contributed by atoms with Crippen molar-refractivity contribution in [2.45, 2.75) is 12.3 Å². The molecule has 0 fully saturated rings. The molecule has 1 rings (SSSR count). The number of ether oxygens (including phenoxy) is 1. The molecule has 1 aromatic rings. The molecule has 5 heteroatoms. The third kappa shape index (κ3) is 3.16. The summed E-state index contributed by atoms with van der Waals surface area (Å²) in [5.41, 5.74) is -0.166. The summed E-state index contributed by atoms with van der Waals surface area (Å²) in [6, 6.07) is 5.54. The van der Waals surface area contributed by atoms with Crippen LogP contribution >= 0.6 is 11.6 Å². The maximum Gasteiger partial charge on any atom is 0.384 e. The highest BCUT2D eigenvalue weighted by Gasteiger charge is 2.36. The molecule has 0 N–H and O–H groups in total. The fraction of sp³-hybridized carbons (Fsp3) is 0.300. The first-order valence-electron chi connectivity index (χ1n) is 4.29. The van der Waals surface area contributed by atoms with Crippen molar-refractivity contribution >= 4 is 17.4 Å². The van der Waals surface area contributed by atoms with Gasteiger partial charge in [0.05, 0.1) is 6.61 Å². The minimum Gasteiger partial charge on any atom is -0.494 e. The van der Waals surface area contributed by atoms with Crippen molar-refractivity contribution in [1.82, 2.24) is 0 Å². The lowest BCUT2D eigenvalue weighted by atomic mass is 10.1. The molecule has 0 radical (unpaired) electrons. The molecule has 82 valence electrons. The molecule has 0 aliphatic heterocycles. The Balaban J connectivity index is 2.95. The van der Waals surface area contributed by atoms with Crippen molar-refractivity contribution in [3.05, 3.63) is 29.8 Å². The zero-order chi connectivity index (χ0) is 11.5. The summed E-state index contributed by atoms with van der Waals surface area (Å²) in [6.07, 6.45) is 0. The van der Waals surface area contributed by atoms with Crippen LogP contribution in [0.2, 0.25) is 0 Å². The van der Waals surface area contributed by atoms with Crippen LogP contribution in [0.3, 0.4) is 0 Å². The van der Waals surface area contributed by atoms with E-state index in [9.17, 15) is 13.6 Å². The van der Waals surface area contributed by atoms with E-state index in [2.05, 4.69) is 11.6 Å². The molecule has 0 aromatic heterocycles. The molecule has 0 aliphatic rings. The second kappa shape index (κ2) is 4.57. The van der Waals surface area contributed by atoms with Gasteiger partial charge in [0, 0.05) is 5.56 Å². The van der Waals surface area contributed by atoms with E-state index in [0.29, 0.717) is 12.4 Å². The SMILES string of the molecule is CCOc1cccc(C(=O)C(F)(F)Cl)c1. The molecule has 0 spiro atoms. The first-order chi connectivity index (χ1) is 6.95. The first kappa shape index (κ1) is 11.9. The summed E-state index contributed by atoms with van der Waals surface area (Å²) in [5.74, 6) is -1.06. The van der Waals surface area contributed by atoms with Gasteiger partial charge in [0.2, 0.25) is 5.78 Å². The second-order valence-electron chi connectivity index (χ2n) is 2.79. The number of rotatable bonds is 4. The second-order valence-corrected chi connectivity index (χ2v) is 3.26. The van der Waals surface area contributed by atoms with E-state index < -0.39 is 11.2 Å². The molecular formula is C10H9ClF2O2. The van der Waals surface area contributed by atoms with Gasteiger partial charge < -0.3 is 4.74 Å². The maximum atomic E-state index is 12.5. The normalized spacial score (nSPS) is 11.2. The monoisotopic (exact) mass is 234 g/mol. The Bertz CT molecular complexity index is 361. The van der Waals surface area contributed by atoms with Gasteiger partial charge in [0.15, 0.2) is 0 Å². The zero-order valence-corrected chi connectivity index (χ0v) is 8.72. The first-order valence-corrected chi connectivity index (χ1v) is 4.67. The van der Waals surface area contributed by atoms with Gasteiger partial charge in [-0.05, 0) is 30.7 Å². The van der Waals surface area contributed by atoms with Crippen LogP contribution in [0.25, 0.3) is 0 Å². The van der Waals surface area contributed by atoms with Gasteiger partial charge in [-0.1, -0.05) is 12.1 Å². The number of benzene rings is 1. The topological polar surface area (TPSA) is 26.3 Å². The molecule has 15 heavy (non-hydrogen) atoms. The summed E-state index contributed by atoms with van der Waals surface area (Å²) >= 11 is 4.62. The highest BCUT2D eigenvalue weighted by atomic mass is 35.5. The van der Waals surface area contributed by atoms with Crippen LogP contribution in [0.4, 0.5) is 8.78 Å². The smallest absolute Gasteiger partial charge is 0.384 e. The zero-order valence-electron chi connectivity index (χ0n) is 7.97. The Morgan fingerprint density at radius 3 is 2.73 bits per heavy atom. The van der Waals surface area contributed by atoms with Crippen molar-refractivity contribution < 1.29 is 18.3 Å². The number of Topliss-reactive ketones (excluding diaryl/α,β-unsaturated/α-hetero) is 1. The minimum absolute atomic E-state index is 0.166. The molecule has 0 unspecified atom stereocenters. The van der Waals surface area contributed by atoms with E-state index in [-0.39, 0.29) is 5.56 Å². The third-order valence-corrected chi connectivity index (χ3v) is 1.84. The number of alkyl halides is 3. The van der Waals surface area contributed by atoms with Gasteiger partial charge >= 0.3 is 5.38 Å². The van der Waals surface area contributed by atoms with Crippen LogP contribution in [0, 0.1) is 0 Å². The summed E-state index contributed by atoms with van der Waals surface area (Å²) in [6.45, 7) is 2.15. The highest BCUT2D eigenvalue weighted by molar-refractivity contribution is 6.35. The number of carbonyl (C=O) groups is 1. The maximum absolute atomic E-state index is 12.5. The Morgan fingerprint density at radius 2 is 2.20 bits per heavy atom. The van der Waals surface area contributed by atoms with Crippen molar-refractivity contribution in [3.8, 4) is 5.75 Å². The molecule has 0 saturated carbocycles. The van der Waals surface area contributed by atoms with Crippen molar-refractivity contribution in [1.29, 1.82) is 0 Å². The van der Waals surface area contributed by atoms with Crippen LogP contribution < -0.4 is 4.74 Å². The third-order valence-electron chi connectivity index (χ3n) is 1.66. The van der Waals surface area contributed by atoms with Gasteiger partial charge in [0.25, 0.3) is 0 Å². The lowest BCUT2D eigenvalue weighted by Gasteiger charge is -2.08. The molecule has 1 aromatic carbocycles. The van der Waals surface area contributed by atoms with Gasteiger partial charge in [-0.2, -0.15) is 8.78 Å². The minimum atomic E-state index is -3.87. The van der Waals surface area contributed by atoms with Crippen LogP contribution in [0.15, 0.2) is 24.3 Å². The van der Waals surface area contributed by atoms with Gasteiger partial charge in [0.1, 0.15) is 5.75 Å². The summed E-state index contributed by atoms with van der Waals surface area (Å²) < 4.78 is 30.1. The molecular weight excluding hydrogens is 226 g/mol. The molecule has 0 heterocycles. The summed E-state index contributed by atoms with van der Waals surface area (Å²) in [7, 11) is 0. The van der Waals surface area contributed by atoms with E-state index >= 15 is 0 Å². The van der Waals surface area contributed by atoms with Gasteiger partial charge in [-0.25, -0.2) is 0 Å². The van der Waals surface area contributed by atoms with Crippen molar-refractivity contribution in [2.24, 2.45) is 0 Å². The Morgan fingerprint density at radius 1 is 1.53 bits per heavy atom. The Hall–Kier alpha value is -1.16. The molecule has 0 amide bonds. The molecule has 2 nitrogen and oxygen atoms in total. The average molecular weight is 235 g/mol. The van der Waals surface area contributed by atoms with Gasteiger partial charge in [-0.3, -0.25) is 4.79 Å². The Labute approximate surface area is 90.8 Å². The summed E-state index contributed by atoms with van der Waals surface area (Å²) in [5, 5.41) is -3.87. The van der Waals surface area contributed by atoms with E-state index in [0.717, 1.165) is 0 Å². The number of hydrogen-bond acceptors (Lipinski definition) is 2. The lowest BCUT2D eigenvalue weighted by molar-refractivity contribution is 0.0536. The standard InChI is InChI=1S/C10H9ClF2O2/c1-2-15-8-5-3-4-7(6-8)9(14)10(11,12)13/h3-6H,2H2,1H3. The van der Waals surface area contributed by atoms with E-state index in [1.165, 1.54) is 18.2 Å². The van der Waals surface area contributed by atoms with Gasteiger partial charge in [-0.15, -0.1) is 0 Å². The van der Waals surface area contributed by atoms with E-state index in [1.54, 1.807) is 13.0 Å². The predicted octanol–water partition coefficient (Wildman–Crippen LogP) is 3.10. The molecule has 0 atom stereocenters. The predicted molar refractivity (Wildman–Crippen MR) is 52.7 cm³/mol. The quantitative estimate of drug-likeness (QED) is 0.591. The fourth-order valence-electron chi connectivity index (χ4n) is 1.06. The van der Waals surface area contributed by atoms with Crippen LogP contribution in [0.1, 0.15) is 17.3 Å². The molecule has 0 aliphatic carbocycles. The van der Waals surface area contributed by atoms with Crippen molar-refractivity contribution in [2.75, 3.05) is 6.61 Å². The number of hydrogen-bond donors (Lipinski definition) is 0. The number of ketones is 1. The Kier molecular flexibility index (Phi) is 3.63. The van der Waals surface area contributed by atoms with Crippen LogP contribution in [-0.4, -0.2) is 17.8 Å². The number of carbonyl (C=O) groups excluding carboxylic acids is 1. The lowest BCUT2D eigenvalue weighted by Crippen LogP contribution is -2.21. The molecule has 0 saturated heterocycles. The average Bonchev–Trinajstić information content (AvgIpc) is 2.16. The van der Waals surface area contributed by atoms with Crippen LogP contribution in [0.5, 0.6) is 5.75 Å². The number of halogens is 3. The van der Waals surface area contributed by atoms with E-state index in [4.69, 9.17) is 4.74 Å². The largest absolute Gasteiger partial charge is 0.494 e. The summed E-state index contributed by atoms with van der Waals surface area (Å²) in [4.78, 5) is 11.1. The van der Waals surface area contributed by atoms with Crippen LogP contribution in [-0.2, 0) is 0 Å². The van der Waals surface area contributed by atoms with Crippen molar-refractivity contribution in [3.63, 3.8) is 0 Å². The van der Waals surface area contributed by atoms with E-state index in [1.807, 2.05) is 0 Å². The molecule has 0 bridgehead atoms.